The molecule has 2 aromatic rings. The van der Waals surface area contributed by atoms with Crippen molar-refractivity contribution in [3.8, 4) is 5.75 Å². The van der Waals surface area contributed by atoms with E-state index in [-0.39, 0.29) is 5.12 Å². The van der Waals surface area contributed by atoms with E-state index in [1.54, 1.807) is 31.5 Å². The number of pyridine rings is 1. The third-order valence-corrected chi connectivity index (χ3v) is 3.01. The van der Waals surface area contributed by atoms with Crippen molar-refractivity contribution in [3.05, 3.63) is 54.2 Å². The highest BCUT2D eigenvalue weighted by Gasteiger charge is 2.09. The first kappa shape index (κ1) is 11.7. The molecule has 0 bridgehead atoms. The summed E-state index contributed by atoms with van der Waals surface area (Å²) in [5, 5.41) is 0.655. The number of rotatable bonds is 3. The van der Waals surface area contributed by atoms with Gasteiger partial charge in [-0.15, -0.1) is 0 Å². The SMILES string of the molecule is COc1cccc(C(=O)Sc2ccccn2)c1. The van der Waals surface area contributed by atoms with Gasteiger partial charge in [0, 0.05) is 11.8 Å². The lowest BCUT2D eigenvalue weighted by molar-refractivity contribution is 0.108. The zero-order valence-electron chi connectivity index (χ0n) is 9.29. The lowest BCUT2D eigenvalue weighted by Gasteiger charge is -2.03. The van der Waals surface area contributed by atoms with Crippen molar-refractivity contribution >= 4 is 16.9 Å². The predicted molar refractivity (Wildman–Crippen MR) is 67.4 cm³/mol. The van der Waals surface area contributed by atoms with E-state index in [1.165, 1.54) is 0 Å². The van der Waals surface area contributed by atoms with E-state index >= 15 is 0 Å². The topological polar surface area (TPSA) is 39.2 Å². The van der Waals surface area contributed by atoms with Crippen LogP contribution in [0, 0.1) is 0 Å². The summed E-state index contributed by atoms with van der Waals surface area (Å²) in [6.07, 6.45) is 1.67. The molecule has 0 atom stereocenters. The van der Waals surface area contributed by atoms with E-state index in [0.29, 0.717) is 16.3 Å². The Kier molecular flexibility index (Phi) is 3.77. The van der Waals surface area contributed by atoms with Gasteiger partial charge in [-0.2, -0.15) is 0 Å². The minimum absolute atomic E-state index is 0.0393. The molecule has 3 nitrogen and oxygen atoms in total. The van der Waals surface area contributed by atoms with E-state index in [1.807, 2.05) is 24.3 Å². The average molecular weight is 245 g/mol. The molecule has 0 unspecified atom stereocenters. The molecule has 0 saturated carbocycles. The van der Waals surface area contributed by atoms with Crippen LogP contribution >= 0.6 is 11.8 Å². The summed E-state index contributed by atoms with van der Waals surface area (Å²) in [7, 11) is 1.58. The Morgan fingerprint density at radius 2 is 2.12 bits per heavy atom. The fraction of sp³-hybridized carbons (Fsp3) is 0.0769. The third kappa shape index (κ3) is 3.07. The molecule has 0 spiro atoms. The first-order valence-corrected chi connectivity index (χ1v) is 5.88. The second-order valence-corrected chi connectivity index (χ2v) is 4.28. The molecule has 17 heavy (non-hydrogen) atoms. The first-order valence-electron chi connectivity index (χ1n) is 5.07. The van der Waals surface area contributed by atoms with Gasteiger partial charge in [0.1, 0.15) is 10.8 Å². The van der Waals surface area contributed by atoms with Crippen LogP contribution in [-0.2, 0) is 0 Å². The van der Waals surface area contributed by atoms with Crippen LogP contribution in [0.5, 0.6) is 5.75 Å². The Balaban J connectivity index is 2.14. The standard InChI is InChI=1S/C13H11NO2S/c1-16-11-6-4-5-10(9-11)13(15)17-12-7-2-3-8-14-12/h2-9H,1H3. The predicted octanol–water partition coefficient (Wildman–Crippen LogP) is 3.02. The normalized spacial score (nSPS) is 9.94. The van der Waals surface area contributed by atoms with Crippen LogP contribution in [0.4, 0.5) is 0 Å². The Bertz CT molecular complexity index is 514. The Morgan fingerprint density at radius 3 is 2.82 bits per heavy atom. The van der Waals surface area contributed by atoms with E-state index in [4.69, 9.17) is 4.74 Å². The van der Waals surface area contributed by atoms with Crippen LogP contribution in [-0.4, -0.2) is 17.2 Å². The smallest absolute Gasteiger partial charge is 0.225 e. The second kappa shape index (κ2) is 5.50. The van der Waals surface area contributed by atoms with Gasteiger partial charge in [-0.25, -0.2) is 4.98 Å². The fourth-order valence-electron chi connectivity index (χ4n) is 1.31. The van der Waals surface area contributed by atoms with Crippen molar-refractivity contribution in [1.82, 2.24) is 4.98 Å². The summed E-state index contributed by atoms with van der Waals surface area (Å²) < 4.78 is 5.08. The maximum Gasteiger partial charge on any atom is 0.225 e. The lowest BCUT2D eigenvalue weighted by Crippen LogP contribution is -1.94. The first-order chi connectivity index (χ1) is 8.29. The number of thioether (sulfide) groups is 1. The van der Waals surface area contributed by atoms with Gasteiger partial charge in [-0.3, -0.25) is 4.79 Å². The number of ether oxygens (including phenoxy) is 1. The average Bonchev–Trinajstić information content (AvgIpc) is 2.40. The van der Waals surface area contributed by atoms with E-state index in [0.717, 1.165) is 11.8 Å². The van der Waals surface area contributed by atoms with E-state index < -0.39 is 0 Å². The van der Waals surface area contributed by atoms with Crippen molar-refractivity contribution in [1.29, 1.82) is 0 Å². The number of carbonyl (C=O) groups is 1. The van der Waals surface area contributed by atoms with Crippen LogP contribution in [0.15, 0.2) is 53.7 Å². The molecule has 0 aliphatic rings. The largest absolute Gasteiger partial charge is 0.497 e. The highest BCUT2D eigenvalue weighted by atomic mass is 32.2. The number of hydrogen-bond donors (Lipinski definition) is 0. The summed E-state index contributed by atoms with van der Waals surface area (Å²) in [6.45, 7) is 0. The molecular weight excluding hydrogens is 234 g/mol. The molecule has 0 fully saturated rings. The van der Waals surface area contributed by atoms with Crippen molar-refractivity contribution in [2.75, 3.05) is 7.11 Å². The number of benzene rings is 1. The molecule has 0 aliphatic carbocycles. The van der Waals surface area contributed by atoms with Crippen molar-refractivity contribution in [3.63, 3.8) is 0 Å². The molecule has 0 aliphatic heterocycles. The molecule has 0 saturated heterocycles. The number of aromatic nitrogens is 1. The fourth-order valence-corrected chi connectivity index (χ4v) is 2.01. The Labute approximate surface area is 104 Å². The molecule has 1 aromatic carbocycles. The van der Waals surface area contributed by atoms with Crippen molar-refractivity contribution in [2.45, 2.75) is 5.03 Å². The highest BCUT2D eigenvalue weighted by molar-refractivity contribution is 8.14. The summed E-state index contributed by atoms with van der Waals surface area (Å²) in [6, 6.07) is 12.6. The number of carbonyl (C=O) groups excluding carboxylic acids is 1. The van der Waals surface area contributed by atoms with E-state index in [9.17, 15) is 4.79 Å². The van der Waals surface area contributed by atoms with Gasteiger partial charge >= 0.3 is 0 Å². The van der Waals surface area contributed by atoms with Crippen LogP contribution in [0.3, 0.4) is 0 Å². The zero-order chi connectivity index (χ0) is 12.1. The molecule has 0 amide bonds. The van der Waals surface area contributed by atoms with Crippen LogP contribution < -0.4 is 4.74 Å². The van der Waals surface area contributed by atoms with Gasteiger partial charge in [-0.05, 0) is 36.0 Å². The number of hydrogen-bond acceptors (Lipinski definition) is 4. The van der Waals surface area contributed by atoms with Gasteiger partial charge < -0.3 is 4.74 Å². The second-order valence-electron chi connectivity index (χ2n) is 3.29. The molecule has 86 valence electrons. The van der Waals surface area contributed by atoms with E-state index in [2.05, 4.69) is 4.98 Å². The van der Waals surface area contributed by atoms with Gasteiger partial charge in [0.25, 0.3) is 0 Å². The molecule has 2 rings (SSSR count). The molecule has 1 aromatic heterocycles. The van der Waals surface area contributed by atoms with Gasteiger partial charge in [-0.1, -0.05) is 18.2 Å². The minimum atomic E-state index is -0.0393. The van der Waals surface area contributed by atoms with Gasteiger partial charge in [0.2, 0.25) is 5.12 Å². The maximum absolute atomic E-state index is 11.9. The third-order valence-electron chi connectivity index (χ3n) is 2.14. The summed E-state index contributed by atoms with van der Waals surface area (Å²) in [5.74, 6) is 0.678. The zero-order valence-corrected chi connectivity index (χ0v) is 10.1. The summed E-state index contributed by atoms with van der Waals surface area (Å²) in [4.78, 5) is 16.0. The molecule has 0 radical (unpaired) electrons. The van der Waals surface area contributed by atoms with Crippen LogP contribution in [0.1, 0.15) is 10.4 Å². The quantitative estimate of drug-likeness (QED) is 0.779. The monoisotopic (exact) mass is 245 g/mol. The minimum Gasteiger partial charge on any atom is -0.497 e. The summed E-state index contributed by atoms with van der Waals surface area (Å²) >= 11 is 1.11. The maximum atomic E-state index is 11.9. The highest BCUT2D eigenvalue weighted by Crippen LogP contribution is 2.22. The number of nitrogens with zero attached hydrogens (tertiary/aromatic N) is 1. The molecular formula is C13H11NO2S. The van der Waals surface area contributed by atoms with Gasteiger partial charge in [0.15, 0.2) is 0 Å². The molecule has 0 N–H and O–H groups in total. The van der Waals surface area contributed by atoms with Crippen LogP contribution in [0.2, 0.25) is 0 Å². The number of methoxy groups -OCH3 is 1. The Morgan fingerprint density at radius 1 is 1.24 bits per heavy atom. The van der Waals surface area contributed by atoms with Crippen molar-refractivity contribution in [2.24, 2.45) is 0 Å². The molecule has 4 heteroatoms. The van der Waals surface area contributed by atoms with Crippen LogP contribution in [0.25, 0.3) is 0 Å². The van der Waals surface area contributed by atoms with Crippen molar-refractivity contribution < 1.29 is 9.53 Å². The van der Waals surface area contributed by atoms with Gasteiger partial charge in [0.05, 0.1) is 7.11 Å². The molecule has 1 heterocycles. The lowest BCUT2D eigenvalue weighted by atomic mass is 10.2. The summed E-state index contributed by atoms with van der Waals surface area (Å²) in [5.41, 5.74) is 0.611. The Hall–Kier alpha value is -1.81.